The second-order valence-electron chi connectivity index (χ2n) is 9.59. The minimum Gasteiger partial charge on any atom is -0.389 e. The number of carbonyl (C=O) groups is 2. The molecule has 3 N–H and O–H groups in total. The van der Waals surface area contributed by atoms with Gasteiger partial charge in [0.15, 0.2) is 15.4 Å². The van der Waals surface area contributed by atoms with Crippen molar-refractivity contribution < 1.29 is 41.4 Å². The summed E-state index contributed by atoms with van der Waals surface area (Å²) in [6.07, 6.45) is -3.13. The maximum atomic E-state index is 13.3. The van der Waals surface area contributed by atoms with E-state index in [1.165, 1.54) is 35.2 Å². The minimum absolute atomic E-state index is 0.0304. The number of benzene rings is 2. The van der Waals surface area contributed by atoms with Gasteiger partial charge >= 0.3 is 6.18 Å². The van der Waals surface area contributed by atoms with Crippen LogP contribution in [0.5, 0.6) is 0 Å². The zero-order valence-electron chi connectivity index (χ0n) is 19.5. The number of fused-ring (bicyclic) bond motifs is 1. The highest BCUT2D eigenvalue weighted by Gasteiger charge is 2.51. The maximum Gasteiger partial charge on any atom is 0.421 e. The van der Waals surface area contributed by atoms with Crippen LogP contribution in [0, 0.1) is 0 Å². The average molecular weight is 527 g/mol. The fourth-order valence-electron chi connectivity index (χ4n) is 4.13. The monoisotopic (exact) mass is 526 g/mol. The number of amides is 2. The summed E-state index contributed by atoms with van der Waals surface area (Å²) >= 11 is 0. The zero-order valence-corrected chi connectivity index (χ0v) is 20.3. The zero-order chi connectivity index (χ0) is 26.7. The predicted molar refractivity (Wildman–Crippen MR) is 122 cm³/mol. The van der Waals surface area contributed by atoms with E-state index in [1.807, 2.05) is 0 Å². The molecule has 0 saturated heterocycles. The molecule has 8 nitrogen and oxygen atoms in total. The number of nitrogens with zero attached hydrogens (tertiary/aromatic N) is 1. The summed E-state index contributed by atoms with van der Waals surface area (Å²) in [6, 6.07) is 7.54. The summed E-state index contributed by atoms with van der Waals surface area (Å²) in [6.45, 7) is 0.581. The molecule has 0 spiro atoms. The molecule has 2 unspecified atom stereocenters. The summed E-state index contributed by atoms with van der Waals surface area (Å²) < 4.78 is 63.3. The van der Waals surface area contributed by atoms with Crippen LogP contribution < -0.4 is 5.32 Å². The van der Waals surface area contributed by atoms with Gasteiger partial charge in [-0.2, -0.15) is 13.2 Å². The van der Waals surface area contributed by atoms with Gasteiger partial charge in [0.05, 0.1) is 16.9 Å². The Kier molecular flexibility index (Phi) is 6.21. The first-order valence-electron chi connectivity index (χ1n) is 11.1. The number of nitrogens with one attached hydrogen (secondary N) is 1. The number of rotatable bonds is 6. The van der Waals surface area contributed by atoms with Gasteiger partial charge in [-0.05, 0) is 60.7 Å². The molecule has 2 atom stereocenters. The van der Waals surface area contributed by atoms with E-state index in [1.54, 1.807) is 0 Å². The van der Waals surface area contributed by atoms with Crippen molar-refractivity contribution >= 4 is 27.3 Å². The van der Waals surface area contributed by atoms with E-state index in [4.69, 9.17) is 0 Å². The van der Waals surface area contributed by atoms with Crippen LogP contribution in [0.25, 0.3) is 0 Å². The smallest absolute Gasteiger partial charge is 0.389 e. The molecule has 1 aliphatic carbocycles. The third-order valence-electron chi connectivity index (χ3n) is 6.63. The van der Waals surface area contributed by atoms with Gasteiger partial charge in [0, 0.05) is 18.5 Å². The van der Waals surface area contributed by atoms with Crippen LogP contribution in [0.15, 0.2) is 47.4 Å². The molecule has 1 fully saturated rings. The van der Waals surface area contributed by atoms with E-state index in [0.717, 1.165) is 18.4 Å². The number of alkyl halides is 3. The summed E-state index contributed by atoms with van der Waals surface area (Å²) in [5.74, 6) is -1.14. The molecule has 2 aromatic rings. The molecule has 0 aromatic heterocycles. The standard InChI is InChI=1S/C24H25F3N2O6S/c1-22(32,24(25,26)27)15-3-5-16(6-4-15)28-21(31)20-18-8-7-17(36(2,34)35)11-14(18)13-29(20)19(30)12-23(33)9-10-23/h3-8,11,20,32-33H,9-10,12-13H2,1-2H3,(H,28,31). The van der Waals surface area contributed by atoms with Crippen LogP contribution in [0.4, 0.5) is 18.9 Å². The van der Waals surface area contributed by atoms with Crippen molar-refractivity contribution in [2.75, 3.05) is 11.6 Å². The van der Waals surface area contributed by atoms with Gasteiger partial charge in [-0.15, -0.1) is 0 Å². The second kappa shape index (κ2) is 8.56. The molecule has 194 valence electrons. The van der Waals surface area contributed by atoms with Crippen molar-refractivity contribution in [2.24, 2.45) is 0 Å². The van der Waals surface area contributed by atoms with E-state index in [0.29, 0.717) is 30.9 Å². The lowest BCUT2D eigenvalue weighted by molar-refractivity contribution is -0.258. The lowest BCUT2D eigenvalue weighted by Gasteiger charge is -2.27. The topological polar surface area (TPSA) is 124 Å². The molecule has 12 heteroatoms. The second-order valence-corrected chi connectivity index (χ2v) is 11.6. The van der Waals surface area contributed by atoms with Crippen molar-refractivity contribution in [3.8, 4) is 0 Å². The first-order chi connectivity index (χ1) is 16.5. The summed E-state index contributed by atoms with van der Waals surface area (Å²) in [4.78, 5) is 27.6. The molecule has 1 aliphatic heterocycles. The first-order valence-corrected chi connectivity index (χ1v) is 13.0. The van der Waals surface area contributed by atoms with Gasteiger partial charge in [0.25, 0.3) is 5.91 Å². The van der Waals surface area contributed by atoms with Crippen molar-refractivity contribution in [1.82, 2.24) is 4.90 Å². The third-order valence-corrected chi connectivity index (χ3v) is 7.74. The lowest BCUT2D eigenvalue weighted by Crippen LogP contribution is -2.39. The summed E-state index contributed by atoms with van der Waals surface area (Å²) in [7, 11) is -3.54. The molecule has 4 rings (SSSR count). The molecular weight excluding hydrogens is 501 g/mol. The van der Waals surface area contributed by atoms with E-state index >= 15 is 0 Å². The molecule has 1 saturated carbocycles. The van der Waals surface area contributed by atoms with Crippen LogP contribution in [0.3, 0.4) is 0 Å². The Morgan fingerprint density at radius 1 is 1.14 bits per heavy atom. The van der Waals surface area contributed by atoms with Crippen molar-refractivity contribution in [3.63, 3.8) is 0 Å². The SMILES string of the molecule is CC(O)(c1ccc(NC(=O)C2c3ccc(S(C)(=O)=O)cc3CN2C(=O)CC2(O)CC2)cc1)C(F)(F)F. The van der Waals surface area contributed by atoms with Crippen molar-refractivity contribution in [3.05, 3.63) is 59.2 Å². The number of hydrogen-bond donors (Lipinski definition) is 3. The molecule has 2 aromatic carbocycles. The number of halogens is 3. The quantitative estimate of drug-likeness (QED) is 0.532. The highest BCUT2D eigenvalue weighted by atomic mass is 32.2. The van der Waals surface area contributed by atoms with Crippen LogP contribution in [-0.4, -0.2) is 53.4 Å². The maximum absolute atomic E-state index is 13.3. The van der Waals surface area contributed by atoms with Gasteiger partial charge in [0.2, 0.25) is 5.91 Å². The largest absolute Gasteiger partial charge is 0.421 e. The van der Waals surface area contributed by atoms with E-state index in [9.17, 15) is 41.4 Å². The fraction of sp³-hybridized carbons (Fsp3) is 0.417. The van der Waals surface area contributed by atoms with Gasteiger partial charge < -0.3 is 20.4 Å². The minimum atomic E-state index is -4.90. The molecular formula is C24H25F3N2O6S. The van der Waals surface area contributed by atoms with Gasteiger partial charge in [0.1, 0.15) is 6.04 Å². The lowest BCUT2D eigenvalue weighted by atomic mass is 9.95. The third kappa shape index (κ3) is 4.97. The van der Waals surface area contributed by atoms with Gasteiger partial charge in [-0.1, -0.05) is 18.2 Å². The van der Waals surface area contributed by atoms with Crippen LogP contribution in [-0.2, 0) is 31.6 Å². The Hall–Kier alpha value is -2.96. The van der Waals surface area contributed by atoms with E-state index < -0.39 is 50.6 Å². The Morgan fingerprint density at radius 3 is 2.28 bits per heavy atom. The van der Waals surface area contributed by atoms with Gasteiger partial charge in [-0.3, -0.25) is 9.59 Å². The summed E-state index contributed by atoms with van der Waals surface area (Å²) in [5, 5.41) is 22.6. The Balaban J connectivity index is 1.62. The Bertz CT molecular complexity index is 1320. The Labute approximate surface area is 205 Å². The van der Waals surface area contributed by atoms with E-state index in [-0.39, 0.29) is 23.5 Å². The predicted octanol–water partition coefficient (Wildman–Crippen LogP) is 2.80. The van der Waals surface area contributed by atoms with Crippen molar-refractivity contribution in [1.29, 1.82) is 0 Å². The normalized spacial score (nSPS) is 20.4. The molecule has 1 heterocycles. The average Bonchev–Trinajstić information content (AvgIpc) is 3.35. The van der Waals surface area contributed by atoms with Gasteiger partial charge in [-0.25, -0.2) is 8.42 Å². The van der Waals surface area contributed by atoms with Crippen molar-refractivity contribution in [2.45, 2.75) is 61.0 Å². The summed E-state index contributed by atoms with van der Waals surface area (Å²) in [5.41, 5.74) is -3.60. The van der Waals surface area contributed by atoms with E-state index in [2.05, 4.69) is 5.32 Å². The fourth-order valence-corrected chi connectivity index (χ4v) is 4.80. The van der Waals surface area contributed by atoms with Crippen LogP contribution >= 0.6 is 0 Å². The van der Waals surface area contributed by atoms with Crippen LogP contribution in [0.1, 0.15) is 48.9 Å². The highest BCUT2D eigenvalue weighted by Crippen LogP contribution is 2.42. The number of sulfone groups is 1. The molecule has 36 heavy (non-hydrogen) atoms. The molecule has 0 radical (unpaired) electrons. The molecule has 2 amide bonds. The number of carbonyl (C=O) groups excluding carboxylic acids is 2. The number of anilines is 1. The molecule has 2 aliphatic rings. The number of aliphatic hydroxyl groups is 2. The first kappa shape index (κ1) is 26.1. The highest BCUT2D eigenvalue weighted by molar-refractivity contribution is 7.90. The van der Waals surface area contributed by atoms with Crippen LogP contribution in [0.2, 0.25) is 0 Å². The Morgan fingerprint density at radius 2 is 1.75 bits per heavy atom. The number of hydrogen-bond acceptors (Lipinski definition) is 6. The molecule has 0 bridgehead atoms.